The standard InChI is InChI=1S/C15H13FN2O3S/c1-10-6-7-11(8-13(10)18(20)21)17-15(19)9-22-14-5-3-2-4-12(14)16/h2-8H,9H2,1H3,(H,17,19). The summed E-state index contributed by atoms with van der Waals surface area (Å²) >= 11 is 1.07. The van der Waals surface area contributed by atoms with Gasteiger partial charge in [-0.1, -0.05) is 18.2 Å². The van der Waals surface area contributed by atoms with Gasteiger partial charge in [-0.25, -0.2) is 4.39 Å². The predicted molar refractivity (Wildman–Crippen MR) is 83.6 cm³/mol. The first kappa shape index (κ1) is 16.0. The van der Waals surface area contributed by atoms with Crippen LogP contribution < -0.4 is 5.32 Å². The van der Waals surface area contributed by atoms with Crippen molar-refractivity contribution in [2.75, 3.05) is 11.1 Å². The SMILES string of the molecule is Cc1ccc(NC(=O)CSc2ccccc2F)cc1[N+](=O)[O-]. The van der Waals surface area contributed by atoms with Crippen LogP contribution in [0.1, 0.15) is 5.56 Å². The van der Waals surface area contributed by atoms with Crippen LogP contribution in [0.3, 0.4) is 0 Å². The minimum Gasteiger partial charge on any atom is -0.325 e. The van der Waals surface area contributed by atoms with Crippen molar-refractivity contribution in [3.05, 3.63) is 64.0 Å². The molecular weight excluding hydrogens is 307 g/mol. The average molecular weight is 320 g/mol. The van der Waals surface area contributed by atoms with Gasteiger partial charge in [0, 0.05) is 22.2 Å². The van der Waals surface area contributed by atoms with Crippen molar-refractivity contribution < 1.29 is 14.1 Å². The van der Waals surface area contributed by atoms with Crippen molar-refractivity contribution in [2.24, 2.45) is 0 Å². The van der Waals surface area contributed by atoms with Gasteiger partial charge in [0.25, 0.3) is 5.69 Å². The number of rotatable bonds is 5. The molecule has 0 aromatic heterocycles. The molecule has 0 aliphatic carbocycles. The highest BCUT2D eigenvalue weighted by Gasteiger charge is 2.13. The van der Waals surface area contributed by atoms with E-state index >= 15 is 0 Å². The Hall–Kier alpha value is -2.41. The van der Waals surface area contributed by atoms with Crippen molar-refractivity contribution in [2.45, 2.75) is 11.8 Å². The van der Waals surface area contributed by atoms with Crippen molar-refractivity contribution in [3.63, 3.8) is 0 Å². The Labute approximate surface area is 130 Å². The Kier molecular flexibility index (Phi) is 5.11. The quantitative estimate of drug-likeness (QED) is 0.517. The molecule has 0 spiro atoms. The lowest BCUT2D eigenvalue weighted by atomic mass is 10.2. The maximum absolute atomic E-state index is 13.4. The molecule has 0 aliphatic rings. The summed E-state index contributed by atoms with van der Waals surface area (Å²) in [5, 5.41) is 13.4. The van der Waals surface area contributed by atoms with Crippen LogP contribution in [-0.4, -0.2) is 16.6 Å². The second kappa shape index (κ2) is 7.04. The van der Waals surface area contributed by atoms with Gasteiger partial charge in [-0.3, -0.25) is 14.9 Å². The van der Waals surface area contributed by atoms with Crippen molar-refractivity contribution in [3.8, 4) is 0 Å². The van der Waals surface area contributed by atoms with Crippen LogP contribution in [-0.2, 0) is 4.79 Å². The second-order valence-electron chi connectivity index (χ2n) is 4.53. The maximum atomic E-state index is 13.4. The maximum Gasteiger partial charge on any atom is 0.274 e. The van der Waals surface area contributed by atoms with E-state index in [4.69, 9.17) is 0 Å². The lowest BCUT2D eigenvalue weighted by molar-refractivity contribution is -0.385. The van der Waals surface area contributed by atoms with Gasteiger partial charge in [-0.2, -0.15) is 0 Å². The van der Waals surface area contributed by atoms with Gasteiger partial charge < -0.3 is 5.32 Å². The molecule has 0 unspecified atom stereocenters. The first-order valence-corrected chi connectivity index (χ1v) is 7.38. The molecule has 5 nitrogen and oxygen atoms in total. The number of aryl methyl sites for hydroxylation is 1. The zero-order valence-corrected chi connectivity index (χ0v) is 12.5. The molecule has 1 N–H and O–H groups in total. The Bertz CT molecular complexity index is 722. The number of amides is 1. The largest absolute Gasteiger partial charge is 0.325 e. The first-order chi connectivity index (χ1) is 10.5. The smallest absolute Gasteiger partial charge is 0.274 e. The Balaban J connectivity index is 1.99. The van der Waals surface area contributed by atoms with Crippen molar-refractivity contribution in [1.29, 1.82) is 0 Å². The van der Waals surface area contributed by atoms with E-state index in [1.807, 2.05) is 0 Å². The van der Waals surface area contributed by atoms with Crippen LogP contribution in [0, 0.1) is 22.9 Å². The van der Waals surface area contributed by atoms with Crippen LogP contribution >= 0.6 is 11.8 Å². The van der Waals surface area contributed by atoms with Crippen molar-refractivity contribution in [1.82, 2.24) is 0 Å². The van der Waals surface area contributed by atoms with E-state index < -0.39 is 4.92 Å². The zero-order valence-electron chi connectivity index (χ0n) is 11.7. The van der Waals surface area contributed by atoms with Gasteiger partial charge in [0.05, 0.1) is 10.7 Å². The average Bonchev–Trinajstić information content (AvgIpc) is 2.48. The molecule has 0 heterocycles. The fourth-order valence-corrected chi connectivity index (χ4v) is 2.53. The normalized spacial score (nSPS) is 10.3. The lowest BCUT2D eigenvalue weighted by Gasteiger charge is -2.06. The van der Waals surface area contributed by atoms with E-state index in [0.717, 1.165) is 11.8 Å². The number of benzene rings is 2. The fraction of sp³-hybridized carbons (Fsp3) is 0.133. The number of nitrogens with one attached hydrogen (secondary N) is 1. The third-order valence-electron chi connectivity index (χ3n) is 2.89. The molecule has 0 saturated carbocycles. The zero-order chi connectivity index (χ0) is 16.1. The summed E-state index contributed by atoms with van der Waals surface area (Å²) in [5.41, 5.74) is 0.805. The van der Waals surface area contributed by atoms with Gasteiger partial charge in [0.2, 0.25) is 5.91 Å². The Morgan fingerprint density at radius 3 is 2.73 bits per heavy atom. The van der Waals surface area contributed by atoms with E-state index in [1.165, 1.54) is 12.1 Å². The fourth-order valence-electron chi connectivity index (χ4n) is 1.79. The number of nitro benzene ring substituents is 1. The van der Waals surface area contributed by atoms with Gasteiger partial charge in [0.1, 0.15) is 5.82 Å². The van der Waals surface area contributed by atoms with Crippen LogP contribution in [0.25, 0.3) is 0 Å². The number of nitrogens with zero attached hydrogens (tertiary/aromatic N) is 1. The highest BCUT2D eigenvalue weighted by Crippen LogP contribution is 2.24. The molecule has 22 heavy (non-hydrogen) atoms. The number of carbonyl (C=O) groups excluding carboxylic acids is 1. The minimum atomic E-state index is -0.501. The summed E-state index contributed by atoms with van der Waals surface area (Å²) in [6, 6.07) is 10.6. The summed E-state index contributed by atoms with van der Waals surface area (Å²) in [5.74, 6) is -0.722. The van der Waals surface area contributed by atoms with E-state index in [2.05, 4.69) is 5.32 Å². The molecule has 0 aliphatic heterocycles. The summed E-state index contributed by atoms with van der Waals surface area (Å²) < 4.78 is 13.4. The molecular formula is C15H13FN2O3S. The molecule has 2 aromatic carbocycles. The molecule has 2 rings (SSSR count). The Morgan fingerprint density at radius 2 is 2.05 bits per heavy atom. The van der Waals surface area contributed by atoms with Gasteiger partial charge in [-0.05, 0) is 25.1 Å². The molecule has 1 amide bonds. The molecule has 114 valence electrons. The van der Waals surface area contributed by atoms with Crippen LogP contribution in [0.15, 0.2) is 47.4 Å². The van der Waals surface area contributed by atoms with Gasteiger partial charge in [0.15, 0.2) is 0 Å². The molecule has 0 bridgehead atoms. The summed E-state index contributed by atoms with van der Waals surface area (Å²) in [7, 11) is 0. The minimum absolute atomic E-state index is 0.0165. The van der Waals surface area contributed by atoms with Gasteiger partial charge >= 0.3 is 0 Å². The van der Waals surface area contributed by atoms with Crippen molar-refractivity contribution >= 4 is 29.0 Å². The summed E-state index contributed by atoms with van der Waals surface area (Å²) in [6.07, 6.45) is 0. The molecule has 0 saturated heterocycles. The second-order valence-corrected chi connectivity index (χ2v) is 5.54. The molecule has 0 radical (unpaired) electrons. The number of halogens is 1. The Morgan fingerprint density at radius 1 is 1.32 bits per heavy atom. The van der Waals surface area contributed by atoms with E-state index in [0.29, 0.717) is 16.1 Å². The van der Waals surface area contributed by atoms with Gasteiger partial charge in [-0.15, -0.1) is 11.8 Å². The predicted octanol–water partition coefficient (Wildman–Crippen LogP) is 3.77. The number of hydrogen-bond acceptors (Lipinski definition) is 4. The third-order valence-corrected chi connectivity index (χ3v) is 3.93. The van der Waals surface area contributed by atoms with E-state index in [-0.39, 0.29) is 23.2 Å². The topological polar surface area (TPSA) is 72.2 Å². The number of thioether (sulfide) groups is 1. The summed E-state index contributed by atoms with van der Waals surface area (Å²) in [4.78, 5) is 22.6. The van der Waals surface area contributed by atoms with Crippen LogP contribution in [0.4, 0.5) is 15.8 Å². The molecule has 7 heteroatoms. The molecule has 0 atom stereocenters. The third kappa shape index (κ3) is 4.05. The highest BCUT2D eigenvalue weighted by molar-refractivity contribution is 8.00. The lowest BCUT2D eigenvalue weighted by Crippen LogP contribution is -2.14. The summed E-state index contributed by atoms with van der Waals surface area (Å²) in [6.45, 7) is 1.62. The number of carbonyl (C=O) groups is 1. The first-order valence-electron chi connectivity index (χ1n) is 6.39. The number of anilines is 1. The molecule has 2 aromatic rings. The van der Waals surface area contributed by atoms with Crippen LogP contribution in [0.5, 0.6) is 0 Å². The van der Waals surface area contributed by atoms with E-state index in [1.54, 1.807) is 37.3 Å². The highest BCUT2D eigenvalue weighted by atomic mass is 32.2. The van der Waals surface area contributed by atoms with E-state index in [9.17, 15) is 19.3 Å². The molecule has 0 fully saturated rings. The monoisotopic (exact) mass is 320 g/mol. The van der Waals surface area contributed by atoms with Crippen LogP contribution in [0.2, 0.25) is 0 Å². The number of hydrogen-bond donors (Lipinski definition) is 1. The number of nitro groups is 1.